The van der Waals surface area contributed by atoms with E-state index in [1.807, 2.05) is 37.5 Å². The Kier molecular flexibility index (Phi) is 9.94. The third-order valence-corrected chi connectivity index (χ3v) is 6.63. The zero-order valence-electron chi connectivity index (χ0n) is 25.3. The zero-order chi connectivity index (χ0) is 30.6. The summed E-state index contributed by atoms with van der Waals surface area (Å²) in [6.07, 6.45) is 0. The highest BCUT2D eigenvalue weighted by Gasteiger charge is 2.45. The molecule has 0 saturated carbocycles. The van der Waals surface area contributed by atoms with Gasteiger partial charge in [-0.3, -0.25) is 9.59 Å². The van der Waals surface area contributed by atoms with Crippen LogP contribution in [0.1, 0.15) is 48.4 Å². The first-order valence-corrected chi connectivity index (χ1v) is 13.4. The van der Waals surface area contributed by atoms with Gasteiger partial charge >= 0.3 is 0 Å². The molecule has 228 valence electrons. The Labute approximate surface area is 245 Å². The van der Waals surface area contributed by atoms with Crippen molar-refractivity contribution >= 4 is 22.9 Å². The highest BCUT2D eigenvalue weighted by atomic mass is 16.7. The van der Waals surface area contributed by atoms with Gasteiger partial charge in [-0.25, -0.2) is 0 Å². The molecule has 42 heavy (non-hydrogen) atoms. The number of fused-ring (bicyclic) bond motifs is 2. The van der Waals surface area contributed by atoms with Crippen molar-refractivity contribution in [3.63, 3.8) is 0 Å². The molecule has 0 aromatic heterocycles. The van der Waals surface area contributed by atoms with E-state index in [1.165, 1.54) is 28.4 Å². The number of hydrogen-bond donors (Lipinski definition) is 0. The van der Waals surface area contributed by atoms with Gasteiger partial charge in [0.25, 0.3) is 0 Å². The average Bonchev–Trinajstić information content (AvgIpc) is 3.41. The van der Waals surface area contributed by atoms with E-state index in [2.05, 4.69) is 0 Å². The van der Waals surface area contributed by atoms with Gasteiger partial charge in [-0.15, -0.1) is 0 Å². The smallest absolute Gasteiger partial charge is 0.213 e. The number of ketones is 2. The van der Waals surface area contributed by atoms with Crippen molar-refractivity contribution in [2.45, 2.75) is 39.8 Å². The van der Waals surface area contributed by atoms with Crippen molar-refractivity contribution in [2.24, 2.45) is 0 Å². The zero-order valence-corrected chi connectivity index (χ0v) is 25.3. The molecule has 2 heterocycles. The highest BCUT2D eigenvalue weighted by Crippen LogP contribution is 2.49. The van der Waals surface area contributed by atoms with E-state index in [9.17, 15) is 9.59 Å². The van der Waals surface area contributed by atoms with E-state index in [4.69, 9.17) is 37.9 Å². The van der Waals surface area contributed by atoms with Crippen molar-refractivity contribution in [1.82, 2.24) is 0 Å². The van der Waals surface area contributed by atoms with E-state index >= 15 is 0 Å². The molecular weight excluding hydrogens is 548 g/mol. The summed E-state index contributed by atoms with van der Waals surface area (Å²) in [7, 11) is 6.02. The number of methoxy groups -OCH3 is 4. The van der Waals surface area contributed by atoms with Gasteiger partial charge in [0.05, 0.1) is 22.5 Å². The lowest BCUT2D eigenvalue weighted by Crippen LogP contribution is -2.36. The lowest BCUT2D eigenvalue weighted by atomic mass is 10.1. The van der Waals surface area contributed by atoms with Crippen LogP contribution in [0, 0.1) is 0 Å². The Morgan fingerprint density at radius 2 is 0.810 bits per heavy atom. The minimum atomic E-state index is -0.312. The SMILES string of the molecule is COCOc1cc2c(cc1OCOC)N(C(C)C)/C(=C1\C(=O)c3cc(OCOC)c(OCOC)cc3N1C(C)C)C2=O. The van der Waals surface area contributed by atoms with Crippen LogP contribution in [0.5, 0.6) is 23.0 Å². The molecule has 0 N–H and O–H groups in total. The molecular formula is C30H38N2O10. The summed E-state index contributed by atoms with van der Waals surface area (Å²) < 4.78 is 43.3. The minimum Gasteiger partial charge on any atom is -0.464 e. The fraction of sp³-hybridized carbons (Fsp3) is 0.467. The van der Waals surface area contributed by atoms with Gasteiger partial charge in [0, 0.05) is 52.7 Å². The Bertz CT molecular complexity index is 1250. The van der Waals surface area contributed by atoms with Crippen LogP contribution in [0.25, 0.3) is 0 Å². The fourth-order valence-corrected chi connectivity index (χ4v) is 5.03. The number of rotatable bonds is 14. The summed E-state index contributed by atoms with van der Waals surface area (Å²) in [5.74, 6) is 0.758. The Balaban J connectivity index is 1.92. The van der Waals surface area contributed by atoms with Crippen LogP contribution >= 0.6 is 0 Å². The van der Waals surface area contributed by atoms with Gasteiger partial charge in [0.15, 0.2) is 50.2 Å². The molecule has 0 spiro atoms. The summed E-state index contributed by atoms with van der Waals surface area (Å²) >= 11 is 0. The second-order valence-corrected chi connectivity index (χ2v) is 10.1. The first-order valence-electron chi connectivity index (χ1n) is 13.4. The Hall–Kier alpha value is -3.84. The van der Waals surface area contributed by atoms with Crippen LogP contribution < -0.4 is 28.7 Å². The number of nitrogens with zero attached hydrogens (tertiary/aromatic N) is 2. The molecule has 2 aliphatic heterocycles. The van der Waals surface area contributed by atoms with Crippen molar-refractivity contribution in [3.05, 3.63) is 46.8 Å². The number of benzene rings is 2. The number of carbonyl (C=O) groups excluding carboxylic acids is 2. The summed E-state index contributed by atoms with van der Waals surface area (Å²) in [4.78, 5) is 32.2. The van der Waals surface area contributed by atoms with Gasteiger partial charge in [0.1, 0.15) is 11.4 Å². The standard InChI is InChI=1S/C30H38N2O10/c1-17(2)31-21-11-25(41-15-37-7)23(39-13-35-5)9-19(21)29(33)27(31)28-30(34)20-10-24(40-14-36-6)26(42-16-38-8)12-22(20)32(28)18(3)4/h9-12,17-18H,13-16H2,1-8H3/b28-27+. The third kappa shape index (κ3) is 5.75. The van der Waals surface area contributed by atoms with Crippen molar-refractivity contribution < 1.29 is 47.5 Å². The van der Waals surface area contributed by atoms with Crippen LogP contribution in [0.15, 0.2) is 35.7 Å². The summed E-state index contributed by atoms with van der Waals surface area (Å²) in [6, 6.07) is 6.31. The summed E-state index contributed by atoms with van der Waals surface area (Å²) in [5.41, 5.74) is 2.46. The molecule has 0 bridgehead atoms. The maximum atomic E-state index is 14.2. The molecule has 0 saturated heterocycles. The van der Waals surface area contributed by atoms with Crippen LogP contribution in [0.3, 0.4) is 0 Å². The van der Waals surface area contributed by atoms with E-state index in [0.717, 1.165) is 0 Å². The van der Waals surface area contributed by atoms with Gasteiger partial charge in [-0.1, -0.05) is 0 Å². The predicted molar refractivity (Wildman–Crippen MR) is 154 cm³/mol. The number of Topliss-reactive ketones (excluding diaryl/α,β-unsaturated/α-hetero) is 2. The predicted octanol–water partition coefficient (Wildman–Crippen LogP) is 4.35. The minimum absolute atomic E-state index is 0.0262. The maximum Gasteiger partial charge on any atom is 0.213 e. The van der Waals surface area contributed by atoms with Crippen LogP contribution in [0.2, 0.25) is 0 Å². The first kappa shape index (κ1) is 31.1. The molecule has 0 unspecified atom stereocenters. The van der Waals surface area contributed by atoms with Gasteiger partial charge in [0.2, 0.25) is 11.6 Å². The average molecular weight is 587 g/mol. The van der Waals surface area contributed by atoms with Crippen molar-refractivity contribution in [1.29, 1.82) is 0 Å². The number of anilines is 2. The number of allylic oxidation sites excluding steroid dienone is 2. The molecule has 2 aromatic carbocycles. The lowest BCUT2D eigenvalue weighted by molar-refractivity contribution is 0.0322. The van der Waals surface area contributed by atoms with E-state index in [1.54, 1.807) is 24.3 Å². The largest absolute Gasteiger partial charge is 0.464 e. The molecule has 0 atom stereocenters. The van der Waals surface area contributed by atoms with Crippen molar-refractivity contribution in [2.75, 3.05) is 65.4 Å². The third-order valence-electron chi connectivity index (χ3n) is 6.63. The second kappa shape index (κ2) is 13.4. The van der Waals surface area contributed by atoms with Gasteiger partial charge in [-0.2, -0.15) is 0 Å². The van der Waals surface area contributed by atoms with E-state index in [0.29, 0.717) is 45.5 Å². The quantitative estimate of drug-likeness (QED) is 0.232. The van der Waals surface area contributed by atoms with E-state index in [-0.39, 0.29) is 62.2 Å². The number of hydrogen-bond acceptors (Lipinski definition) is 12. The van der Waals surface area contributed by atoms with Crippen LogP contribution in [-0.4, -0.2) is 79.3 Å². The molecule has 12 nitrogen and oxygen atoms in total. The van der Waals surface area contributed by atoms with Gasteiger partial charge < -0.3 is 47.7 Å². The molecule has 2 aliphatic rings. The Morgan fingerprint density at radius 1 is 0.524 bits per heavy atom. The molecule has 0 aliphatic carbocycles. The molecule has 4 rings (SSSR count). The van der Waals surface area contributed by atoms with Crippen LogP contribution in [0.4, 0.5) is 11.4 Å². The second-order valence-electron chi connectivity index (χ2n) is 10.1. The lowest BCUT2D eigenvalue weighted by Gasteiger charge is -2.31. The molecule has 12 heteroatoms. The summed E-state index contributed by atoms with van der Waals surface area (Å²) in [6.45, 7) is 7.66. The topological polar surface area (TPSA) is 114 Å². The monoisotopic (exact) mass is 586 g/mol. The Morgan fingerprint density at radius 3 is 1.07 bits per heavy atom. The fourth-order valence-electron chi connectivity index (χ4n) is 5.03. The van der Waals surface area contributed by atoms with Gasteiger partial charge in [-0.05, 0) is 39.8 Å². The summed E-state index contributed by atoms with van der Waals surface area (Å²) in [5, 5.41) is 0. The van der Waals surface area contributed by atoms with Crippen molar-refractivity contribution in [3.8, 4) is 23.0 Å². The number of ether oxygens (including phenoxy) is 8. The highest BCUT2D eigenvalue weighted by molar-refractivity contribution is 6.28. The normalized spacial score (nSPS) is 16.0. The molecule has 0 fully saturated rings. The molecule has 2 aromatic rings. The molecule has 0 amide bonds. The number of carbonyl (C=O) groups is 2. The first-order chi connectivity index (χ1) is 20.2. The van der Waals surface area contributed by atoms with Crippen LogP contribution in [-0.2, 0) is 18.9 Å². The van der Waals surface area contributed by atoms with E-state index < -0.39 is 0 Å². The maximum absolute atomic E-state index is 14.2. The molecule has 0 radical (unpaired) electrons.